The zero-order valence-electron chi connectivity index (χ0n) is 20.0. The Kier molecular flexibility index (Phi) is 9.23. The maximum Gasteiger partial charge on any atom is 0.230 e. The molecule has 1 heterocycles. The quantitative estimate of drug-likeness (QED) is 0.120. The maximum absolute atomic E-state index is 13.4. The first kappa shape index (κ1) is 27.2. The molecule has 0 spiro atoms. The van der Waals surface area contributed by atoms with Crippen molar-refractivity contribution in [3.63, 3.8) is 0 Å². The number of benzene rings is 3. The van der Waals surface area contributed by atoms with Crippen molar-refractivity contribution in [3.8, 4) is 11.3 Å². The van der Waals surface area contributed by atoms with Gasteiger partial charge in [-0.1, -0.05) is 64.9 Å². The first-order chi connectivity index (χ1) is 17.9. The third kappa shape index (κ3) is 6.91. The number of ketones is 1. The molecule has 0 aliphatic carbocycles. The Hall–Kier alpha value is -2.88. The summed E-state index contributed by atoms with van der Waals surface area (Å²) in [5, 5.41) is 4.16. The third-order valence-corrected chi connectivity index (χ3v) is 7.59. The minimum atomic E-state index is -0.241. The number of carbonyl (C=O) groups excluding carboxylic acids is 2. The lowest BCUT2D eigenvalue weighted by atomic mass is 10.1. The van der Waals surface area contributed by atoms with Crippen LogP contribution < -0.4 is 9.62 Å². The van der Waals surface area contributed by atoms with E-state index in [9.17, 15) is 9.59 Å². The fraction of sp³-hybridized carbons (Fsp3) is 0.148. The van der Waals surface area contributed by atoms with Gasteiger partial charge in [-0.05, 0) is 55.0 Å². The standard InChI is InChI=1S/C27H23Cl2N3O3S2/c1-3-35-37-32(2)20-14-8-17(9-15-20)16-23(33)30-27-31-24(21-6-4-5-7-22(21)29)26(36-27)25(34)18-10-12-19(28)13-11-18/h4-15H,3,16H2,1-2H3,(H,30,31,33). The Labute approximate surface area is 233 Å². The first-order valence-corrected chi connectivity index (χ1v) is 13.6. The summed E-state index contributed by atoms with van der Waals surface area (Å²) in [6.45, 7) is 2.54. The van der Waals surface area contributed by atoms with E-state index in [4.69, 9.17) is 27.4 Å². The van der Waals surface area contributed by atoms with Crippen LogP contribution in [-0.2, 0) is 15.4 Å². The number of anilines is 2. The molecule has 3 aromatic carbocycles. The van der Waals surface area contributed by atoms with E-state index < -0.39 is 0 Å². The SMILES string of the molecule is CCOSN(C)c1ccc(CC(=O)Nc2nc(-c3ccccc3Cl)c(C(=O)c3ccc(Cl)cc3)s2)cc1. The highest BCUT2D eigenvalue weighted by Gasteiger charge is 2.23. The Morgan fingerprint density at radius 2 is 1.73 bits per heavy atom. The summed E-state index contributed by atoms with van der Waals surface area (Å²) in [5.74, 6) is -0.469. The molecule has 0 aliphatic heterocycles. The fourth-order valence-corrected chi connectivity index (χ4v) is 5.22. The second-order valence-corrected chi connectivity index (χ2v) is 10.7. The van der Waals surface area contributed by atoms with Gasteiger partial charge < -0.3 is 5.32 Å². The fourth-order valence-electron chi connectivity index (χ4n) is 3.44. The molecule has 6 nitrogen and oxygen atoms in total. The molecule has 190 valence electrons. The molecule has 0 radical (unpaired) electrons. The Bertz CT molecular complexity index is 1390. The van der Waals surface area contributed by atoms with Crippen LogP contribution in [0.1, 0.15) is 27.7 Å². The van der Waals surface area contributed by atoms with Gasteiger partial charge in [0.2, 0.25) is 11.7 Å². The zero-order valence-corrected chi connectivity index (χ0v) is 23.2. The van der Waals surface area contributed by atoms with Crippen molar-refractivity contribution in [3.05, 3.63) is 98.8 Å². The number of halogens is 2. The van der Waals surface area contributed by atoms with Crippen molar-refractivity contribution in [2.75, 3.05) is 23.3 Å². The van der Waals surface area contributed by atoms with Crippen LogP contribution in [0.5, 0.6) is 0 Å². The highest BCUT2D eigenvalue weighted by molar-refractivity contribution is 7.96. The van der Waals surface area contributed by atoms with Crippen LogP contribution in [0, 0.1) is 0 Å². The monoisotopic (exact) mass is 571 g/mol. The summed E-state index contributed by atoms with van der Waals surface area (Å²) in [6, 6.07) is 21.4. The summed E-state index contributed by atoms with van der Waals surface area (Å²) in [6.07, 6.45) is 0.157. The summed E-state index contributed by atoms with van der Waals surface area (Å²) >= 11 is 14.8. The minimum Gasteiger partial charge on any atom is -0.302 e. The molecule has 1 N–H and O–H groups in total. The number of hydrogen-bond donors (Lipinski definition) is 1. The number of aromatic nitrogens is 1. The summed E-state index contributed by atoms with van der Waals surface area (Å²) < 4.78 is 7.25. The number of rotatable bonds is 10. The van der Waals surface area contributed by atoms with Gasteiger partial charge in [0.05, 0.1) is 23.7 Å². The number of thiazole rings is 1. The lowest BCUT2D eigenvalue weighted by Gasteiger charge is -2.16. The Morgan fingerprint density at radius 1 is 1.03 bits per heavy atom. The van der Waals surface area contributed by atoms with Gasteiger partial charge in [-0.25, -0.2) is 4.98 Å². The van der Waals surface area contributed by atoms with Gasteiger partial charge in [0.25, 0.3) is 0 Å². The van der Waals surface area contributed by atoms with Crippen molar-refractivity contribution in [2.24, 2.45) is 0 Å². The lowest BCUT2D eigenvalue weighted by molar-refractivity contribution is -0.115. The normalized spacial score (nSPS) is 10.8. The average molecular weight is 573 g/mol. The molecule has 0 aliphatic rings. The predicted octanol–water partition coefficient (Wildman–Crippen LogP) is 7.57. The van der Waals surface area contributed by atoms with Gasteiger partial charge in [-0.3, -0.25) is 18.1 Å². The molecule has 10 heteroatoms. The Morgan fingerprint density at radius 3 is 2.41 bits per heavy atom. The predicted molar refractivity (Wildman–Crippen MR) is 154 cm³/mol. The van der Waals surface area contributed by atoms with Gasteiger partial charge >= 0.3 is 0 Å². The largest absolute Gasteiger partial charge is 0.302 e. The van der Waals surface area contributed by atoms with E-state index in [1.807, 2.05) is 48.6 Å². The van der Waals surface area contributed by atoms with Gasteiger partial charge in [-0.2, -0.15) is 0 Å². The van der Waals surface area contributed by atoms with E-state index in [1.54, 1.807) is 42.5 Å². The van der Waals surface area contributed by atoms with Crippen molar-refractivity contribution in [1.82, 2.24) is 4.98 Å². The van der Waals surface area contributed by atoms with E-state index in [0.717, 1.165) is 22.6 Å². The topological polar surface area (TPSA) is 71.5 Å². The van der Waals surface area contributed by atoms with Crippen LogP contribution in [0.25, 0.3) is 11.3 Å². The summed E-state index contributed by atoms with van der Waals surface area (Å²) in [7, 11) is 1.91. The number of carbonyl (C=O) groups is 2. The van der Waals surface area contributed by atoms with E-state index in [0.29, 0.717) is 43.5 Å². The average Bonchev–Trinajstić information content (AvgIpc) is 3.31. The Balaban J connectivity index is 1.54. The van der Waals surface area contributed by atoms with E-state index in [1.165, 1.54) is 12.2 Å². The summed E-state index contributed by atoms with van der Waals surface area (Å²) in [5.41, 5.74) is 3.30. The lowest BCUT2D eigenvalue weighted by Crippen LogP contribution is -2.14. The van der Waals surface area contributed by atoms with Crippen LogP contribution >= 0.6 is 46.8 Å². The molecule has 0 fully saturated rings. The molecule has 1 aromatic heterocycles. The molecule has 0 saturated heterocycles. The zero-order chi connectivity index (χ0) is 26.4. The second-order valence-electron chi connectivity index (χ2n) is 7.88. The number of nitrogens with zero attached hydrogens (tertiary/aromatic N) is 2. The van der Waals surface area contributed by atoms with Crippen LogP contribution in [-0.4, -0.2) is 30.3 Å². The molecule has 0 unspecified atom stereocenters. The first-order valence-electron chi connectivity index (χ1n) is 11.3. The number of amides is 1. The second kappa shape index (κ2) is 12.6. The molecule has 4 aromatic rings. The molecule has 4 rings (SSSR count). The highest BCUT2D eigenvalue weighted by Crippen LogP contribution is 2.36. The van der Waals surface area contributed by atoms with E-state index in [-0.39, 0.29) is 18.1 Å². The van der Waals surface area contributed by atoms with Gasteiger partial charge in [0.1, 0.15) is 17.1 Å². The molecular weight excluding hydrogens is 549 g/mol. The number of hydrogen-bond acceptors (Lipinski definition) is 7. The smallest absolute Gasteiger partial charge is 0.230 e. The van der Waals surface area contributed by atoms with Crippen LogP contribution in [0.4, 0.5) is 10.8 Å². The highest BCUT2D eigenvalue weighted by atomic mass is 35.5. The van der Waals surface area contributed by atoms with E-state index >= 15 is 0 Å². The van der Waals surface area contributed by atoms with Gasteiger partial charge in [-0.15, -0.1) is 0 Å². The van der Waals surface area contributed by atoms with Crippen molar-refractivity contribution >= 4 is 69.3 Å². The van der Waals surface area contributed by atoms with Crippen molar-refractivity contribution in [1.29, 1.82) is 0 Å². The van der Waals surface area contributed by atoms with Crippen molar-refractivity contribution < 1.29 is 13.8 Å². The maximum atomic E-state index is 13.4. The van der Waals surface area contributed by atoms with Crippen LogP contribution in [0.15, 0.2) is 72.8 Å². The molecule has 0 saturated carbocycles. The summed E-state index contributed by atoms with van der Waals surface area (Å²) in [4.78, 5) is 31.2. The molecule has 0 atom stereocenters. The third-order valence-electron chi connectivity index (χ3n) is 5.26. The number of nitrogens with one attached hydrogen (secondary N) is 1. The van der Waals surface area contributed by atoms with E-state index in [2.05, 4.69) is 10.3 Å². The van der Waals surface area contributed by atoms with Gasteiger partial charge in [0.15, 0.2) is 5.13 Å². The minimum absolute atomic E-state index is 0.157. The molecule has 0 bridgehead atoms. The van der Waals surface area contributed by atoms with Crippen molar-refractivity contribution in [2.45, 2.75) is 13.3 Å². The van der Waals surface area contributed by atoms with Crippen LogP contribution in [0.3, 0.4) is 0 Å². The van der Waals surface area contributed by atoms with Gasteiger partial charge in [0, 0.05) is 28.9 Å². The molecular formula is C27H23Cl2N3O3S2. The molecule has 37 heavy (non-hydrogen) atoms. The van der Waals surface area contributed by atoms with Crippen LogP contribution in [0.2, 0.25) is 10.0 Å². The molecule has 1 amide bonds.